The molecule has 0 bridgehead atoms. The molecule has 1 atom stereocenters. The maximum atomic E-state index is 12.9. The summed E-state index contributed by atoms with van der Waals surface area (Å²) in [7, 11) is 0. The first-order valence-electron chi connectivity index (χ1n) is 7.62. The number of thiol groups is 1. The summed E-state index contributed by atoms with van der Waals surface area (Å²) in [5, 5.41) is 11.4. The minimum absolute atomic E-state index is 0.186. The summed E-state index contributed by atoms with van der Waals surface area (Å²) in [6, 6.07) is 11.3. The molecule has 0 aliphatic rings. The molecule has 0 radical (unpaired) electrons. The second-order valence-corrected chi connectivity index (χ2v) is 6.03. The van der Waals surface area contributed by atoms with Crippen molar-refractivity contribution in [2.24, 2.45) is 5.92 Å². The first kappa shape index (κ1) is 19.8. The normalized spacial score (nSPS) is 12.5. The fourth-order valence-corrected chi connectivity index (χ4v) is 2.66. The number of alkyl halides is 3. The van der Waals surface area contributed by atoms with Crippen molar-refractivity contribution in [3.8, 4) is 0 Å². The predicted molar refractivity (Wildman–Crippen MR) is 94.5 cm³/mol. The predicted octanol–water partition coefficient (Wildman–Crippen LogP) is 4.13. The van der Waals surface area contributed by atoms with Gasteiger partial charge >= 0.3 is 12.1 Å². The summed E-state index contributed by atoms with van der Waals surface area (Å²) in [5.41, 5.74) is -1.03. The van der Waals surface area contributed by atoms with E-state index in [1.165, 1.54) is 0 Å². The standard InChI is InChI=1S/C18H16F3NO3S/c19-18(20,21)14-7-12(17(24)25)8-15(9-14)22-16(23)13(10-26)6-11-4-2-1-3-5-11/h1-5,7-9,13,26H,6,10H2,(H,22,23)(H,24,25). The Bertz CT molecular complexity index is 794. The van der Waals surface area contributed by atoms with Crippen molar-refractivity contribution in [2.45, 2.75) is 12.6 Å². The summed E-state index contributed by atoms with van der Waals surface area (Å²) in [5.74, 6) is -2.43. The molecule has 8 heteroatoms. The van der Waals surface area contributed by atoms with Gasteiger partial charge in [0.2, 0.25) is 5.91 Å². The van der Waals surface area contributed by atoms with Crippen molar-refractivity contribution in [3.63, 3.8) is 0 Å². The number of rotatable bonds is 6. The number of nitrogens with one attached hydrogen (secondary N) is 1. The lowest BCUT2D eigenvalue weighted by atomic mass is 10.00. The van der Waals surface area contributed by atoms with E-state index in [0.717, 1.165) is 11.6 Å². The van der Waals surface area contributed by atoms with E-state index in [2.05, 4.69) is 17.9 Å². The summed E-state index contributed by atoms with van der Waals surface area (Å²) in [6.45, 7) is 0. The van der Waals surface area contributed by atoms with Crippen LogP contribution in [-0.4, -0.2) is 22.7 Å². The van der Waals surface area contributed by atoms with Crippen LogP contribution in [0, 0.1) is 5.92 Å². The summed E-state index contributed by atoms with van der Waals surface area (Å²) in [4.78, 5) is 23.5. The van der Waals surface area contributed by atoms with Crippen LogP contribution in [0.15, 0.2) is 48.5 Å². The van der Waals surface area contributed by atoms with Gasteiger partial charge in [0.15, 0.2) is 0 Å². The summed E-state index contributed by atoms with van der Waals surface area (Å²) in [6.07, 6.45) is -4.36. The number of carbonyl (C=O) groups is 2. The second-order valence-electron chi connectivity index (χ2n) is 5.66. The van der Waals surface area contributed by atoms with Gasteiger partial charge in [-0.25, -0.2) is 4.79 Å². The van der Waals surface area contributed by atoms with Crippen LogP contribution in [-0.2, 0) is 17.4 Å². The number of hydrogen-bond acceptors (Lipinski definition) is 3. The number of carboxylic acids is 1. The van der Waals surface area contributed by atoms with Gasteiger partial charge in [-0.2, -0.15) is 25.8 Å². The molecule has 0 saturated carbocycles. The molecule has 2 aromatic rings. The van der Waals surface area contributed by atoms with Gasteiger partial charge < -0.3 is 10.4 Å². The topological polar surface area (TPSA) is 66.4 Å². The Labute approximate surface area is 153 Å². The van der Waals surface area contributed by atoms with Crippen molar-refractivity contribution in [1.29, 1.82) is 0 Å². The maximum Gasteiger partial charge on any atom is 0.416 e. The van der Waals surface area contributed by atoms with E-state index < -0.39 is 35.1 Å². The van der Waals surface area contributed by atoms with Crippen LogP contribution in [0.1, 0.15) is 21.5 Å². The SMILES string of the molecule is O=C(O)c1cc(NC(=O)C(CS)Cc2ccccc2)cc(C(F)(F)F)c1. The lowest BCUT2D eigenvalue weighted by molar-refractivity contribution is -0.137. The molecule has 0 aliphatic heterocycles. The third-order valence-electron chi connectivity index (χ3n) is 3.69. The van der Waals surface area contributed by atoms with Crippen LogP contribution < -0.4 is 5.32 Å². The Morgan fingerprint density at radius 1 is 1.12 bits per heavy atom. The molecule has 138 valence electrons. The molecular formula is C18H16F3NO3S. The van der Waals surface area contributed by atoms with Gasteiger partial charge in [-0.1, -0.05) is 30.3 Å². The largest absolute Gasteiger partial charge is 0.478 e. The van der Waals surface area contributed by atoms with E-state index in [0.29, 0.717) is 18.6 Å². The van der Waals surface area contributed by atoms with Crippen molar-refractivity contribution in [1.82, 2.24) is 0 Å². The van der Waals surface area contributed by atoms with Gasteiger partial charge in [0.05, 0.1) is 17.0 Å². The number of benzene rings is 2. The molecular weight excluding hydrogens is 367 g/mol. The Morgan fingerprint density at radius 2 is 1.77 bits per heavy atom. The fraction of sp³-hybridized carbons (Fsp3) is 0.222. The van der Waals surface area contributed by atoms with Crippen molar-refractivity contribution >= 4 is 30.2 Å². The van der Waals surface area contributed by atoms with Gasteiger partial charge in [0, 0.05) is 11.4 Å². The van der Waals surface area contributed by atoms with Gasteiger partial charge in [-0.3, -0.25) is 4.79 Å². The average Bonchev–Trinajstić information content (AvgIpc) is 2.59. The van der Waals surface area contributed by atoms with Crippen molar-refractivity contribution in [3.05, 3.63) is 65.2 Å². The smallest absolute Gasteiger partial charge is 0.416 e. The van der Waals surface area contributed by atoms with Crippen LogP contribution in [0.2, 0.25) is 0 Å². The van der Waals surface area contributed by atoms with Crippen LogP contribution in [0.3, 0.4) is 0 Å². The number of carboxylic acid groups (broad SMARTS) is 1. The van der Waals surface area contributed by atoms with E-state index in [1.807, 2.05) is 30.3 Å². The summed E-state index contributed by atoms with van der Waals surface area (Å²) >= 11 is 4.14. The van der Waals surface area contributed by atoms with E-state index in [9.17, 15) is 22.8 Å². The van der Waals surface area contributed by atoms with E-state index in [4.69, 9.17) is 5.11 Å². The van der Waals surface area contributed by atoms with Crippen molar-refractivity contribution < 1.29 is 27.9 Å². The zero-order valence-corrected chi connectivity index (χ0v) is 14.3. The number of amides is 1. The van der Waals surface area contributed by atoms with E-state index in [-0.39, 0.29) is 11.4 Å². The van der Waals surface area contributed by atoms with Gasteiger partial charge in [0.25, 0.3) is 0 Å². The zero-order valence-electron chi connectivity index (χ0n) is 13.5. The molecule has 0 fully saturated rings. The second kappa shape index (κ2) is 8.27. The number of halogens is 3. The van der Waals surface area contributed by atoms with Gasteiger partial charge in [0.1, 0.15) is 0 Å². The zero-order chi connectivity index (χ0) is 19.3. The molecule has 2 rings (SSSR count). The lowest BCUT2D eigenvalue weighted by Gasteiger charge is -2.16. The molecule has 2 N–H and O–H groups in total. The highest BCUT2D eigenvalue weighted by Crippen LogP contribution is 2.32. The van der Waals surface area contributed by atoms with Crippen LogP contribution in [0.4, 0.5) is 18.9 Å². The highest BCUT2D eigenvalue weighted by Gasteiger charge is 2.32. The fourth-order valence-electron chi connectivity index (χ4n) is 2.37. The van der Waals surface area contributed by atoms with E-state index >= 15 is 0 Å². The van der Waals surface area contributed by atoms with Gasteiger partial charge in [-0.05, 0) is 30.2 Å². The average molecular weight is 383 g/mol. The number of anilines is 1. The molecule has 0 spiro atoms. The Balaban J connectivity index is 2.23. The Hall–Kier alpha value is -2.48. The first-order chi connectivity index (χ1) is 12.2. The highest BCUT2D eigenvalue weighted by atomic mass is 32.1. The molecule has 0 aliphatic carbocycles. The first-order valence-corrected chi connectivity index (χ1v) is 8.25. The minimum Gasteiger partial charge on any atom is -0.478 e. The third-order valence-corrected chi connectivity index (χ3v) is 4.13. The number of carbonyl (C=O) groups excluding carboxylic acids is 1. The van der Waals surface area contributed by atoms with E-state index in [1.54, 1.807) is 0 Å². The van der Waals surface area contributed by atoms with Gasteiger partial charge in [-0.15, -0.1) is 0 Å². The monoisotopic (exact) mass is 383 g/mol. The highest BCUT2D eigenvalue weighted by molar-refractivity contribution is 7.80. The Kier molecular flexibility index (Phi) is 6.31. The maximum absolute atomic E-state index is 12.9. The lowest BCUT2D eigenvalue weighted by Crippen LogP contribution is -2.26. The molecule has 0 heterocycles. The minimum atomic E-state index is -4.72. The molecule has 0 aromatic heterocycles. The van der Waals surface area contributed by atoms with Crippen LogP contribution in [0.25, 0.3) is 0 Å². The molecule has 26 heavy (non-hydrogen) atoms. The molecule has 2 aromatic carbocycles. The third kappa shape index (κ3) is 5.26. The van der Waals surface area contributed by atoms with Crippen molar-refractivity contribution in [2.75, 3.05) is 11.1 Å². The summed E-state index contributed by atoms with van der Waals surface area (Å²) < 4.78 is 38.8. The van der Waals surface area contributed by atoms with Crippen LogP contribution >= 0.6 is 12.6 Å². The number of aromatic carboxylic acids is 1. The molecule has 4 nitrogen and oxygen atoms in total. The number of hydrogen-bond donors (Lipinski definition) is 3. The van der Waals surface area contributed by atoms with Crippen LogP contribution in [0.5, 0.6) is 0 Å². The Morgan fingerprint density at radius 3 is 2.31 bits per heavy atom. The molecule has 1 unspecified atom stereocenters. The molecule has 1 amide bonds. The molecule has 0 saturated heterocycles. The quantitative estimate of drug-likeness (QED) is 0.657.